The molecule has 2 aromatic rings. The fourth-order valence-corrected chi connectivity index (χ4v) is 2.57. The molecule has 2 rings (SSSR count). The zero-order chi connectivity index (χ0) is 13.8. The smallest absolute Gasteiger partial charge is 0.0835 e. The molecule has 0 bridgehead atoms. The van der Waals surface area contributed by atoms with Gasteiger partial charge in [0.2, 0.25) is 0 Å². The predicted octanol–water partition coefficient (Wildman–Crippen LogP) is 5.93. The van der Waals surface area contributed by atoms with Crippen molar-refractivity contribution in [2.24, 2.45) is 0 Å². The number of aryl methyl sites for hydroxylation is 2. The molecule has 0 saturated carbocycles. The Morgan fingerprint density at radius 1 is 1.00 bits per heavy atom. The molecule has 0 nitrogen and oxygen atoms in total. The molecule has 0 N–H and O–H groups in total. The van der Waals surface area contributed by atoms with Crippen LogP contribution in [0.15, 0.2) is 42.5 Å². The lowest BCUT2D eigenvalue weighted by molar-refractivity contribution is 0.920. The lowest BCUT2D eigenvalue weighted by atomic mass is 10.0. The van der Waals surface area contributed by atoms with Crippen LogP contribution in [0.4, 0.5) is 0 Å². The minimum Gasteiger partial charge on any atom is -0.113 e. The lowest BCUT2D eigenvalue weighted by Gasteiger charge is -2.12. The molecule has 0 spiro atoms. The van der Waals surface area contributed by atoms with E-state index in [1.165, 1.54) is 5.56 Å². The monoisotopic (exact) mass is 292 g/mol. The predicted molar refractivity (Wildman–Crippen MR) is 84.3 cm³/mol. The molecule has 0 amide bonds. The van der Waals surface area contributed by atoms with Gasteiger partial charge in [-0.05, 0) is 41.7 Å². The second-order valence-corrected chi connectivity index (χ2v) is 5.71. The highest BCUT2D eigenvalue weighted by molar-refractivity contribution is 6.31. The molecule has 100 valence electrons. The zero-order valence-corrected chi connectivity index (χ0v) is 12.8. The number of alkyl halides is 1. The van der Waals surface area contributed by atoms with Gasteiger partial charge in [-0.1, -0.05) is 61.3 Å². The van der Waals surface area contributed by atoms with Crippen LogP contribution in [0.25, 0.3) is 0 Å². The van der Waals surface area contributed by atoms with Gasteiger partial charge in [-0.3, -0.25) is 0 Å². The van der Waals surface area contributed by atoms with E-state index in [4.69, 9.17) is 23.2 Å². The Balaban J connectivity index is 2.22. The summed E-state index contributed by atoms with van der Waals surface area (Å²) >= 11 is 12.7. The maximum absolute atomic E-state index is 6.53. The highest BCUT2D eigenvalue weighted by atomic mass is 35.5. The second kappa shape index (κ2) is 6.45. The molecule has 0 heterocycles. The molecule has 0 radical (unpaired) electrons. The van der Waals surface area contributed by atoms with Crippen LogP contribution in [-0.4, -0.2) is 0 Å². The third kappa shape index (κ3) is 3.52. The van der Waals surface area contributed by atoms with Gasteiger partial charge in [-0.25, -0.2) is 0 Å². The fraction of sp³-hybridized carbons (Fsp3) is 0.294. The van der Waals surface area contributed by atoms with Crippen LogP contribution < -0.4 is 0 Å². The minimum atomic E-state index is -0.145. The van der Waals surface area contributed by atoms with E-state index in [2.05, 4.69) is 31.2 Å². The van der Waals surface area contributed by atoms with E-state index >= 15 is 0 Å². The van der Waals surface area contributed by atoms with Crippen LogP contribution in [0.3, 0.4) is 0 Å². The van der Waals surface area contributed by atoms with Crippen molar-refractivity contribution in [3.05, 3.63) is 69.7 Å². The average Bonchev–Trinajstić information content (AvgIpc) is 2.42. The zero-order valence-electron chi connectivity index (χ0n) is 11.3. The summed E-state index contributed by atoms with van der Waals surface area (Å²) in [4.78, 5) is 0. The van der Waals surface area contributed by atoms with Crippen LogP contribution in [-0.2, 0) is 6.42 Å². The average molecular weight is 293 g/mol. The van der Waals surface area contributed by atoms with E-state index in [1.54, 1.807) is 0 Å². The van der Waals surface area contributed by atoms with E-state index in [1.807, 2.05) is 25.1 Å². The lowest BCUT2D eigenvalue weighted by Crippen LogP contribution is -1.94. The van der Waals surface area contributed by atoms with Crippen molar-refractivity contribution >= 4 is 23.2 Å². The van der Waals surface area contributed by atoms with E-state index < -0.39 is 0 Å². The summed E-state index contributed by atoms with van der Waals surface area (Å²) in [5.41, 5.74) is 4.59. The maximum atomic E-state index is 6.53. The van der Waals surface area contributed by atoms with Crippen LogP contribution in [0.1, 0.15) is 41.0 Å². The first-order chi connectivity index (χ1) is 9.11. The standard InChI is InChI=1S/C17H18Cl2/c1-3-4-13-6-9-14(10-7-13)17(19)15-8-5-12(2)16(18)11-15/h5-11,17H,3-4H2,1-2H3. The van der Waals surface area contributed by atoms with Gasteiger partial charge in [-0.15, -0.1) is 11.6 Å². The van der Waals surface area contributed by atoms with Gasteiger partial charge >= 0.3 is 0 Å². The molecular formula is C17H18Cl2. The number of rotatable bonds is 4. The Morgan fingerprint density at radius 3 is 2.21 bits per heavy atom. The van der Waals surface area contributed by atoms with Crippen LogP contribution in [0, 0.1) is 6.92 Å². The molecule has 0 aliphatic heterocycles. The summed E-state index contributed by atoms with van der Waals surface area (Å²) in [5.74, 6) is 0. The molecule has 0 saturated heterocycles. The van der Waals surface area contributed by atoms with E-state index in [-0.39, 0.29) is 5.38 Å². The number of benzene rings is 2. The normalized spacial score (nSPS) is 12.4. The third-order valence-electron chi connectivity index (χ3n) is 3.30. The van der Waals surface area contributed by atoms with Crippen molar-refractivity contribution < 1.29 is 0 Å². The van der Waals surface area contributed by atoms with Crippen molar-refractivity contribution in [3.8, 4) is 0 Å². The second-order valence-electron chi connectivity index (χ2n) is 4.86. The van der Waals surface area contributed by atoms with Crippen LogP contribution in [0.2, 0.25) is 5.02 Å². The summed E-state index contributed by atoms with van der Waals surface area (Å²) in [6.07, 6.45) is 2.28. The van der Waals surface area contributed by atoms with Gasteiger partial charge in [0, 0.05) is 5.02 Å². The summed E-state index contributed by atoms with van der Waals surface area (Å²) in [6, 6.07) is 14.5. The molecule has 0 aromatic heterocycles. The van der Waals surface area contributed by atoms with Gasteiger partial charge < -0.3 is 0 Å². The first-order valence-corrected chi connectivity index (χ1v) is 7.42. The van der Waals surface area contributed by atoms with Crippen molar-refractivity contribution in [3.63, 3.8) is 0 Å². The van der Waals surface area contributed by atoms with Crippen molar-refractivity contribution in [1.82, 2.24) is 0 Å². The maximum Gasteiger partial charge on any atom is 0.0835 e. The molecule has 19 heavy (non-hydrogen) atoms. The quantitative estimate of drug-likeness (QED) is 0.613. The Bertz CT molecular complexity index is 544. The number of hydrogen-bond acceptors (Lipinski definition) is 0. The summed E-state index contributed by atoms with van der Waals surface area (Å²) in [5, 5.41) is 0.625. The first-order valence-electron chi connectivity index (χ1n) is 6.60. The van der Waals surface area contributed by atoms with Crippen LogP contribution in [0.5, 0.6) is 0 Å². The number of hydrogen-bond donors (Lipinski definition) is 0. The van der Waals surface area contributed by atoms with Gasteiger partial charge in [0.25, 0.3) is 0 Å². The molecular weight excluding hydrogens is 275 g/mol. The first kappa shape index (κ1) is 14.4. The molecule has 0 aliphatic carbocycles. The molecule has 2 heteroatoms. The van der Waals surface area contributed by atoms with Crippen LogP contribution >= 0.6 is 23.2 Å². The van der Waals surface area contributed by atoms with Gasteiger partial charge in [-0.2, -0.15) is 0 Å². The van der Waals surface area contributed by atoms with Gasteiger partial charge in [0.05, 0.1) is 5.38 Å². The van der Waals surface area contributed by atoms with E-state index in [9.17, 15) is 0 Å². The van der Waals surface area contributed by atoms with E-state index in [0.717, 1.165) is 34.6 Å². The minimum absolute atomic E-state index is 0.145. The van der Waals surface area contributed by atoms with Gasteiger partial charge in [0.1, 0.15) is 0 Å². The Labute approximate surface area is 125 Å². The summed E-state index contributed by atoms with van der Waals surface area (Å²) < 4.78 is 0. The summed E-state index contributed by atoms with van der Waals surface area (Å²) in [7, 11) is 0. The SMILES string of the molecule is CCCc1ccc(C(Cl)c2ccc(C)c(Cl)c2)cc1. The molecule has 2 aromatic carbocycles. The Hall–Kier alpha value is -0.980. The highest BCUT2D eigenvalue weighted by Crippen LogP contribution is 2.31. The third-order valence-corrected chi connectivity index (χ3v) is 4.21. The molecule has 0 fully saturated rings. The number of halogens is 2. The highest BCUT2D eigenvalue weighted by Gasteiger charge is 2.11. The molecule has 0 aliphatic rings. The van der Waals surface area contributed by atoms with Crippen molar-refractivity contribution in [1.29, 1.82) is 0 Å². The Kier molecular flexibility index (Phi) is 4.90. The van der Waals surface area contributed by atoms with Crippen molar-refractivity contribution in [2.75, 3.05) is 0 Å². The summed E-state index contributed by atoms with van der Waals surface area (Å²) in [6.45, 7) is 4.18. The largest absolute Gasteiger partial charge is 0.113 e. The Morgan fingerprint density at radius 2 is 1.63 bits per heavy atom. The van der Waals surface area contributed by atoms with Gasteiger partial charge in [0.15, 0.2) is 0 Å². The molecule has 1 unspecified atom stereocenters. The van der Waals surface area contributed by atoms with E-state index in [0.29, 0.717) is 0 Å². The fourth-order valence-electron chi connectivity index (χ4n) is 2.10. The molecule has 1 atom stereocenters. The topological polar surface area (TPSA) is 0 Å². The van der Waals surface area contributed by atoms with Crippen molar-refractivity contribution in [2.45, 2.75) is 32.1 Å².